The van der Waals surface area contributed by atoms with Crippen LogP contribution >= 0.6 is 0 Å². The molecule has 1 saturated heterocycles. The Morgan fingerprint density at radius 1 is 0.871 bits per heavy atom. The Hall–Kier alpha value is -3.47. The Kier molecular flexibility index (Phi) is 4.16. The molecular weight excluding hydrogens is 386 g/mol. The molecule has 0 N–H and O–H groups in total. The molecule has 2 fully saturated rings. The van der Waals surface area contributed by atoms with E-state index in [9.17, 15) is 9.59 Å². The van der Waals surface area contributed by atoms with Crippen LogP contribution in [0.5, 0.6) is 0 Å². The van der Waals surface area contributed by atoms with E-state index in [0.29, 0.717) is 0 Å². The third-order valence-electron chi connectivity index (χ3n) is 7.06. The van der Waals surface area contributed by atoms with Gasteiger partial charge in [0.2, 0.25) is 0 Å². The van der Waals surface area contributed by atoms with Gasteiger partial charge in [0, 0.05) is 29.2 Å². The lowest BCUT2D eigenvalue weighted by atomic mass is 9.63. The monoisotopic (exact) mass is 409 g/mol. The second-order valence-electron chi connectivity index (χ2n) is 8.79. The Morgan fingerprint density at radius 2 is 1.52 bits per heavy atom. The SMILES string of the molecule is O=C1[C@@H]2[C@H](C(=O)N1/N=C\c1cn(Cc3ccccc3)c3ccccc13)[C@@H]1C=C[C@H]2CC1. The van der Waals surface area contributed by atoms with Crippen molar-refractivity contribution in [1.82, 2.24) is 9.58 Å². The van der Waals surface area contributed by atoms with Crippen LogP contribution in [0.25, 0.3) is 10.9 Å². The molecule has 4 atom stereocenters. The van der Waals surface area contributed by atoms with Gasteiger partial charge < -0.3 is 4.57 Å². The first-order valence-corrected chi connectivity index (χ1v) is 10.9. The molecule has 1 saturated carbocycles. The zero-order valence-electron chi connectivity index (χ0n) is 17.1. The van der Waals surface area contributed by atoms with Crippen molar-refractivity contribution in [3.8, 4) is 0 Å². The largest absolute Gasteiger partial charge is 0.342 e. The smallest absolute Gasteiger partial charge is 0.254 e. The van der Waals surface area contributed by atoms with Crippen molar-refractivity contribution in [1.29, 1.82) is 0 Å². The summed E-state index contributed by atoms with van der Waals surface area (Å²) in [6.45, 7) is 0.746. The molecule has 2 bridgehead atoms. The Morgan fingerprint density at radius 3 is 2.19 bits per heavy atom. The fourth-order valence-corrected chi connectivity index (χ4v) is 5.58. The van der Waals surface area contributed by atoms with Gasteiger partial charge in [0.1, 0.15) is 0 Å². The first kappa shape index (κ1) is 18.3. The molecule has 1 aromatic heterocycles. The summed E-state index contributed by atoms with van der Waals surface area (Å²) < 4.78 is 2.18. The number of allylic oxidation sites excluding steroid dienone is 2. The van der Waals surface area contributed by atoms with Crippen molar-refractivity contribution in [3.05, 3.63) is 84.1 Å². The van der Waals surface area contributed by atoms with Crippen molar-refractivity contribution >= 4 is 28.9 Å². The third kappa shape index (κ3) is 2.87. The summed E-state index contributed by atoms with van der Waals surface area (Å²) in [5.41, 5.74) is 3.22. The highest BCUT2D eigenvalue weighted by atomic mass is 16.2. The van der Waals surface area contributed by atoms with Gasteiger partial charge >= 0.3 is 0 Å². The third-order valence-corrected chi connectivity index (χ3v) is 7.06. The predicted octanol–water partition coefficient (Wildman–Crippen LogP) is 4.22. The highest BCUT2D eigenvalue weighted by molar-refractivity contribution is 6.07. The van der Waals surface area contributed by atoms with E-state index in [-0.39, 0.29) is 35.5 Å². The summed E-state index contributed by atoms with van der Waals surface area (Å²) in [6, 6.07) is 18.4. The standard InChI is InChI=1S/C26H23N3O2/c30-25-23-18-10-11-19(13-12-18)24(23)26(31)29(25)27-14-20-16-28(15-17-6-2-1-3-7-17)22-9-5-4-8-21(20)22/h1-11,14,16,18-19,23-24H,12-13,15H2/b27-14-/t18-,19+,23-,24+. The molecule has 0 spiro atoms. The highest BCUT2D eigenvalue weighted by Gasteiger charge is 2.56. The van der Waals surface area contributed by atoms with Crippen LogP contribution in [0.2, 0.25) is 0 Å². The maximum atomic E-state index is 13.0. The van der Waals surface area contributed by atoms with Crippen LogP contribution in [0, 0.1) is 23.7 Å². The Balaban J connectivity index is 1.33. The number of fused-ring (bicyclic) bond motifs is 2. The van der Waals surface area contributed by atoms with Gasteiger partial charge in [0.05, 0.1) is 18.1 Å². The molecule has 5 nitrogen and oxygen atoms in total. The summed E-state index contributed by atoms with van der Waals surface area (Å²) in [7, 11) is 0. The van der Waals surface area contributed by atoms with E-state index >= 15 is 0 Å². The van der Waals surface area contributed by atoms with E-state index in [1.165, 1.54) is 5.56 Å². The summed E-state index contributed by atoms with van der Waals surface area (Å²) in [6.07, 6.45) is 9.96. The minimum atomic E-state index is -0.229. The van der Waals surface area contributed by atoms with Gasteiger partial charge in [-0.15, -0.1) is 0 Å². The first-order valence-electron chi connectivity index (χ1n) is 10.9. The average molecular weight is 409 g/mol. The van der Waals surface area contributed by atoms with Crippen molar-refractivity contribution in [2.45, 2.75) is 19.4 Å². The van der Waals surface area contributed by atoms with E-state index in [0.717, 1.165) is 40.9 Å². The van der Waals surface area contributed by atoms with E-state index in [4.69, 9.17) is 0 Å². The fourth-order valence-electron chi connectivity index (χ4n) is 5.58. The molecule has 1 aliphatic heterocycles. The molecular formula is C26H23N3O2. The number of para-hydroxylation sites is 1. The Labute approximate surface area is 180 Å². The maximum Gasteiger partial charge on any atom is 0.254 e. The fraction of sp³-hybridized carbons (Fsp3) is 0.269. The van der Waals surface area contributed by atoms with Crippen molar-refractivity contribution in [2.24, 2.45) is 28.8 Å². The van der Waals surface area contributed by atoms with E-state index in [1.807, 2.05) is 36.5 Å². The van der Waals surface area contributed by atoms with Gasteiger partial charge in [-0.3, -0.25) is 9.59 Å². The number of carbonyl (C=O) groups is 2. The zero-order valence-corrected chi connectivity index (χ0v) is 17.1. The van der Waals surface area contributed by atoms with Crippen LogP contribution < -0.4 is 0 Å². The van der Waals surface area contributed by atoms with Gasteiger partial charge in [-0.2, -0.15) is 10.1 Å². The molecule has 0 unspecified atom stereocenters. The molecule has 0 radical (unpaired) electrons. The predicted molar refractivity (Wildman–Crippen MR) is 119 cm³/mol. The molecule has 3 aliphatic carbocycles. The second kappa shape index (κ2) is 7.05. The summed E-state index contributed by atoms with van der Waals surface area (Å²) in [5.74, 6) is -0.379. The lowest BCUT2D eigenvalue weighted by Crippen LogP contribution is -2.38. The molecule has 2 heterocycles. The normalized spacial score (nSPS) is 27.0. The van der Waals surface area contributed by atoms with Crippen LogP contribution in [0.15, 0.2) is 78.0 Å². The number of imide groups is 1. The van der Waals surface area contributed by atoms with Crippen LogP contribution in [-0.2, 0) is 16.1 Å². The van der Waals surface area contributed by atoms with Crippen LogP contribution in [0.3, 0.4) is 0 Å². The Bertz CT molecular complexity index is 1210. The van der Waals surface area contributed by atoms with Crippen LogP contribution in [0.1, 0.15) is 24.0 Å². The molecule has 2 amide bonds. The summed E-state index contributed by atoms with van der Waals surface area (Å²) in [4.78, 5) is 26.0. The number of hydrogen-bond donors (Lipinski definition) is 0. The molecule has 7 rings (SSSR count). The van der Waals surface area contributed by atoms with E-state index < -0.39 is 0 Å². The number of amides is 2. The van der Waals surface area contributed by atoms with Crippen molar-refractivity contribution in [3.63, 3.8) is 0 Å². The molecule has 4 aliphatic rings. The number of hydrogen-bond acceptors (Lipinski definition) is 3. The van der Waals surface area contributed by atoms with Crippen LogP contribution in [0.4, 0.5) is 0 Å². The molecule has 2 aromatic carbocycles. The number of rotatable bonds is 4. The average Bonchev–Trinajstić information content (AvgIpc) is 3.30. The van der Waals surface area contributed by atoms with Gasteiger partial charge in [-0.1, -0.05) is 60.7 Å². The highest BCUT2D eigenvalue weighted by Crippen LogP contribution is 2.49. The number of carbonyl (C=O) groups excluding carboxylic acids is 2. The van der Waals surface area contributed by atoms with Gasteiger partial charge in [0.25, 0.3) is 11.8 Å². The number of aromatic nitrogens is 1. The maximum absolute atomic E-state index is 13.0. The van der Waals surface area contributed by atoms with Crippen molar-refractivity contribution in [2.75, 3.05) is 0 Å². The van der Waals surface area contributed by atoms with Gasteiger partial charge in [-0.25, -0.2) is 0 Å². The van der Waals surface area contributed by atoms with Crippen LogP contribution in [-0.4, -0.2) is 27.6 Å². The lowest BCUT2D eigenvalue weighted by molar-refractivity contribution is -0.140. The van der Waals surface area contributed by atoms with E-state index in [1.54, 1.807) is 6.21 Å². The van der Waals surface area contributed by atoms with Crippen molar-refractivity contribution < 1.29 is 9.59 Å². The molecule has 31 heavy (non-hydrogen) atoms. The minimum absolute atomic E-state index is 0.140. The number of hydrazone groups is 1. The lowest BCUT2D eigenvalue weighted by Gasteiger charge is -2.37. The zero-order chi connectivity index (χ0) is 20.9. The molecule has 5 heteroatoms. The molecule has 3 aromatic rings. The number of nitrogens with zero attached hydrogens (tertiary/aromatic N) is 3. The summed E-state index contributed by atoms with van der Waals surface area (Å²) >= 11 is 0. The van der Waals surface area contributed by atoms with Gasteiger partial charge in [-0.05, 0) is 36.3 Å². The quantitative estimate of drug-likeness (QED) is 0.368. The topological polar surface area (TPSA) is 54.7 Å². The number of benzene rings is 2. The first-order chi connectivity index (χ1) is 15.2. The second-order valence-corrected chi connectivity index (χ2v) is 8.79. The molecule has 154 valence electrons. The minimum Gasteiger partial charge on any atom is -0.342 e. The van der Waals surface area contributed by atoms with E-state index in [2.05, 4.69) is 46.1 Å². The van der Waals surface area contributed by atoms with Gasteiger partial charge in [0.15, 0.2) is 0 Å². The summed E-state index contributed by atoms with van der Waals surface area (Å²) in [5, 5.41) is 6.61.